The molecule has 2 amide bonds. The molecule has 0 bridgehead atoms. The molecule has 0 fully saturated rings. The summed E-state index contributed by atoms with van der Waals surface area (Å²) in [5, 5.41) is 2.94. The van der Waals surface area contributed by atoms with E-state index in [0.717, 1.165) is 28.1 Å². The van der Waals surface area contributed by atoms with Crippen LogP contribution in [0.4, 0.5) is 4.79 Å². The van der Waals surface area contributed by atoms with E-state index in [1.165, 1.54) is 11.1 Å². The highest BCUT2D eigenvalue weighted by molar-refractivity contribution is 5.77. The minimum Gasteiger partial charge on any atom is -0.342 e. The number of rotatable bonds is 5. The summed E-state index contributed by atoms with van der Waals surface area (Å²) in [4.78, 5) is 26.0. The zero-order chi connectivity index (χ0) is 18.7. The number of aromatic amines is 1. The fraction of sp³-hybridized carbons (Fsp3) is 0.350. The number of hydrogen-bond donors (Lipinski definition) is 2. The lowest BCUT2D eigenvalue weighted by atomic mass is 10.1. The average molecular weight is 351 g/mol. The predicted octanol–water partition coefficient (Wildman–Crippen LogP) is 3.27. The fourth-order valence-electron chi connectivity index (χ4n) is 2.91. The van der Waals surface area contributed by atoms with Crippen LogP contribution in [0.25, 0.3) is 11.0 Å². The Hall–Kier alpha value is -2.89. The van der Waals surface area contributed by atoms with Crippen molar-refractivity contribution < 1.29 is 4.79 Å². The Labute approximate surface area is 153 Å². The number of pyridine rings is 1. The van der Waals surface area contributed by atoms with Gasteiger partial charge >= 0.3 is 6.03 Å². The van der Waals surface area contributed by atoms with Crippen molar-refractivity contribution in [2.45, 2.75) is 33.7 Å². The monoisotopic (exact) mass is 351 g/mol. The lowest BCUT2D eigenvalue weighted by Gasteiger charge is -2.18. The molecule has 0 unspecified atom stereocenters. The van der Waals surface area contributed by atoms with Crippen molar-refractivity contribution in [3.05, 3.63) is 58.7 Å². The number of nitrogens with zero attached hydrogens (tertiary/aromatic N) is 3. The van der Waals surface area contributed by atoms with E-state index in [1.807, 2.05) is 19.1 Å². The molecule has 2 heterocycles. The molecule has 2 N–H and O–H groups in total. The van der Waals surface area contributed by atoms with Crippen LogP contribution in [0.2, 0.25) is 0 Å². The van der Waals surface area contributed by atoms with Gasteiger partial charge in [0.25, 0.3) is 0 Å². The van der Waals surface area contributed by atoms with Gasteiger partial charge in [-0.25, -0.2) is 9.78 Å². The zero-order valence-corrected chi connectivity index (χ0v) is 15.8. The highest BCUT2D eigenvalue weighted by Crippen LogP contribution is 2.17. The minimum absolute atomic E-state index is 0.0951. The van der Waals surface area contributed by atoms with Crippen LogP contribution in [-0.4, -0.2) is 39.5 Å². The number of benzene rings is 1. The van der Waals surface area contributed by atoms with E-state index in [2.05, 4.69) is 46.2 Å². The first kappa shape index (κ1) is 17.9. The van der Waals surface area contributed by atoms with Gasteiger partial charge < -0.3 is 15.2 Å². The van der Waals surface area contributed by atoms with E-state index in [9.17, 15) is 4.79 Å². The van der Waals surface area contributed by atoms with Gasteiger partial charge in [-0.05, 0) is 61.7 Å². The second-order valence-electron chi connectivity index (χ2n) is 6.78. The summed E-state index contributed by atoms with van der Waals surface area (Å²) in [5.74, 6) is 0.887. The number of amides is 2. The Morgan fingerprint density at radius 2 is 1.96 bits per heavy atom. The second-order valence-corrected chi connectivity index (χ2v) is 6.78. The first-order valence-electron chi connectivity index (χ1n) is 8.78. The molecule has 0 spiro atoms. The average Bonchev–Trinajstić information content (AvgIpc) is 2.96. The van der Waals surface area contributed by atoms with Crippen LogP contribution in [0.15, 0.2) is 30.5 Å². The molecule has 6 nitrogen and oxygen atoms in total. The summed E-state index contributed by atoms with van der Waals surface area (Å²) in [6, 6.07) is 8.03. The van der Waals surface area contributed by atoms with Crippen LogP contribution in [0, 0.1) is 20.8 Å². The molecule has 3 rings (SSSR count). The van der Waals surface area contributed by atoms with Gasteiger partial charge in [0.1, 0.15) is 5.82 Å². The molecule has 0 aliphatic rings. The third-order valence-corrected chi connectivity index (χ3v) is 4.51. The number of carbonyl (C=O) groups is 1. The van der Waals surface area contributed by atoms with Crippen molar-refractivity contribution in [1.29, 1.82) is 0 Å². The maximum atomic E-state index is 12.3. The SMILES string of the molecule is Cc1cc(CN(C)C(=O)NCCc2nc3cc(C)c(C)cc3[nH]2)ccn1. The molecule has 1 aromatic carbocycles. The zero-order valence-electron chi connectivity index (χ0n) is 15.8. The summed E-state index contributed by atoms with van der Waals surface area (Å²) in [6.07, 6.45) is 2.43. The van der Waals surface area contributed by atoms with E-state index in [-0.39, 0.29) is 6.03 Å². The molecule has 2 aromatic heterocycles. The third-order valence-electron chi connectivity index (χ3n) is 4.51. The van der Waals surface area contributed by atoms with Crippen molar-refractivity contribution >= 4 is 17.1 Å². The normalized spacial score (nSPS) is 10.9. The van der Waals surface area contributed by atoms with Gasteiger partial charge in [0.05, 0.1) is 11.0 Å². The molecule has 0 radical (unpaired) electrons. The number of aromatic nitrogens is 3. The first-order valence-corrected chi connectivity index (χ1v) is 8.78. The third kappa shape index (κ3) is 4.20. The summed E-state index contributed by atoms with van der Waals surface area (Å²) in [7, 11) is 1.79. The van der Waals surface area contributed by atoms with E-state index in [0.29, 0.717) is 19.5 Å². The Balaban J connectivity index is 1.53. The number of hydrogen-bond acceptors (Lipinski definition) is 3. The van der Waals surface area contributed by atoms with E-state index < -0.39 is 0 Å². The topological polar surface area (TPSA) is 73.9 Å². The number of H-pyrrole nitrogens is 1. The van der Waals surface area contributed by atoms with Gasteiger partial charge in [0, 0.05) is 38.4 Å². The smallest absolute Gasteiger partial charge is 0.317 e. The molecule has 0 saturated heterocycles. The maximum Gasteiger partial charge on any atom is 0.317 e. The van der Waals surface area contributed by atoms with Crippen molar-refractivity contribution in [2.75, 3.05) is 13.6 Å². The number of fused-ring (bicyclic) bond motifs is 1. The van der Waals surface area contributed by atoms with E-state index >= 15 is 0 Å². The Kier molecular flexibility index (Phi) is 5.21. The van der Waals surface area contributed by atoms with Crippen LogP contribution >= 0.6 is 0 Å². The molecule has 6 heteroatoms. The van der Waals surface area contributed by atoms with Crippen LogP contribution in [0.5, 0.6) is 0 Å². The highest BCUT2D eigenvalue weighted by Gasteiger charge is 2.10. The predicted molar refractivity (Wildman–Crippen MR) is 103 cm³/mol. The second kappa shape index (κ2) is 7.56. The van der Waals surface area contributed by atoms with Crippen molar-refractivity contribution in [2.24, 2.45) is 0 Å². The lowest BCUT2D eigenvalue weighted by Crippen LogP contribution is -2.37. The van der Waals surface area contributed by atoms with Crippen LogP contribution < -0.4 is 5.32 Å². The Morgan fingerprint density at radius 1 is 1.19 bits per heavy atom. The molecule has 26 heavy (non-hydrogen) atoms. The summed E-state index contributed by atoms with van der Waals surface area (Å²) in [5.41, 5.74) is 6.51. The molecular weight excluding hydrogens is 326 g/mol. The van der Waals surface area contributed by atoms with Gasteiger partial charge in [-0.2, -0.15) is 0 Å². The van der Waals surface area contributed by atoms with E-state index in [4.69, 9.17) is 0 Å². The molecule has 0 atom stereocenters. The van der Waals surface area contributed by atoms with Crippen LogP contribution in [0.3, 0.4) is 0 Å². The number of carbonyl (C=O) groups excluding carboxylic acids is 1. The number of aryl methyl sites for hydroxylation is 3. The van der Waals surface area contributed by atoms with Gasteiger partial charge in [0.15, 0.2) is 0 Å². The molecule has 0 aliphatic carbocycles. The standard InChI is InChI=1S/C20H25N5O/c1-13-9-17-18(10-14(13)2)24-19(23-17)6-8-22-20(26)25(4)12-16-5-7-21-15(3)11-16/h5,7,9-11H,6,8,12H2,1-4H3,(H,22,26)(H,23,24). The first-order chi connectivity index (χ1) is 12.4. The fourth-order valence-corrected chi connectivity index (χ4v) is 2.91. The maximum absolute atomic E-state index is 12.3. The highest BCUT2D eigenvalue weighted by atomic mass is 16.2. The minimum atomic E-state index is -0.0951. The summed E-state index contributed by atoms with van der Waals surface area (Å²) < 4.78 is 0. The molecule has 0 saturated carbocycles. The van der Waals surface area contributed by atoms with Gasteiger partial charge in [-0.15, -0.1) is 0 Å². The van der Waals surface area contributed by atoms with Gasteiger partial charge in [0.2, 0.25) is 0 Å². The molecular formula is C20H25N5O. The Bertz CT molecular complexity index is 892. The van der Waals surface area contributed by atoms with E-state index in [1.54, 1.807) is 18.1 Å². The van der Waals surface area contributed by atoms with Crippen molar-refractivity contribution in [3.8, 4) is 0 Å². The number of imidazole rings is 1. The van der Waals surface area contributed by atoms with Gasteiger partial charge in [-0.3, -0.25) is 4.98 Å². The summed E-state index contributed by atoms with van der Waals surface area (Å²) >= 11 is 0. The van der Waals surface area contributed by atoms with Crippen molar-refractivity contribution in [1.82, 2.24) is 25.2 Å². The van der Waals surface area contributed by atoms with Crippen LogP contribution in [-0.2, 0) is 13.0 Å². The quantitative estimate of drug-likeness (QED) is 0.741. The van der Waals surface area contributed by atoms with Crippen molar-refractivity contribution in [3.63, 3.8) is 0 Å². The Morgan fingerprint density at radius 3 is 2.73 bits per heavy atom. The summed E-state index contributed by atoms with van der Waals surface area (Å²) in [6.45, 7) is 7.22. The number of urea groups is 1. The molecule has 3 aromatic rings. The largest absolute Gasteiger partial charge is 0.342 e. The van der Waals surface area contributed by atoms with Crippen LogP contribution in [0.1, 0.15) is 28.2 Å². The van der Waals surface area contributed by atoms with Gasteiger partial charge in [-0.1, -0.05) is 0 Å². The molecule has 136 valence electrons. The lowest BCUT2D eigenvalue weighted by molar-refractivity contribution is 0.207. The number of nitrogens with one attached hydrogen (secondary N) is 2. The molecule has 0 aliphatic heterocycles.